The van der Waals surface area contributed by atoms with Crippen LogP contribution in [0, 0.1) is 21.8 Å². The van der Waals surface area contributed by atoms with E-state index in [-0.39, 0.29) is 6.54 Å². The molecule has 0 radical (unpaired) electrons. The third kappa shape index (κ3) is 4.05. The Morgan fingerprint density at radius 3 is 2.89 bits per heavy atom. The Kier molecular flexibility index (Phi) is 5.67. The van der Waals surface area contributed by atoms with Crippen LogP contribution in [0.15, 0.2) is 18.2 Å². The minimum absolute atomic E-state index is 0.265. The molecule has 18 heavy (non-hydrogen) atoms. The summed E-state index contributed by atoms with van der Waals surface area (Å²) >= 11 is 0. The Morgan fingerprint density at radius 2 is 2.28 bits per heavy atom. The number of benzene rings is 1. The lowest BCUT2D eigenvalue weighted by Crippen LogP contribution is -2.23. The van der Waals surface area contributed by atoms with E-state index in [0.29, 0.717) is 24.6 Å². The SMILES string of the molecule is COCC(C)CNCc1cccc([N+](=O)[O-])c1F. The third-order valence-corrected chi connectivity index (χ3v) is 2.51. The number of rotatable bonds is 7. The fourth-order valence-electron chi connectivity index (χ4n) is 1.64. The lowest BCUT2D eigenvalue weighted by atomic mass is 10.1. The molecule has 1 unspecified atom stereocenters. The Labute approximate surface area is 105 Å². The van der Waals surface area contributed by atoms with E-state index in [0.717, 1.165) is 6.07 Å². The summed E-state index contributed by atoms with van der Waals surface area (Å²) < 4.78 is 18.7. The fourth-order valence-corrected chi connectivity index (χ4v) is 1.64. The van der Waals surface area contributed by atoms with Gasteiger partial charge in [0.1, 0.15) is 0 Å². The molecule has 1 atom stereocenters. The first-order chi connectivity index (χ1) is 8.56. The summed E-state index contributed by atoms with van der Waals surface area (Å²) in [6.45, 7) is 3.54. The smallest absolute Gasteiger partial charge is 0.305 e. The molecule has 0 fully saturated rings. The zero-order valence-corrected chi connectivity index (χ0v) is 10.5. The minimum Gasteiger partial charge on any atom is -0.384 e. The highest BCUT2D eigenvalue weighted by Gasteiger charge is 2.16. The molecule has 6 heteroatoms. The van der Waals surface area contributed by atoms with E-state index >= 15 is 0 Å². The van der Waals surface area contributed by atoms with Crippen molar-refractivity contribution in [2.75, 3.05) is 20.3 Å². The summed E-state index contributed by atoms with van der Waals surface area (Å²) in [4.78, 5) is 9.85. The molecule has 1 N–H and O–H groups in total. The van der Waals surface area contributed by atoms with Crippen LogP contribution in [0.3, 0.4) is 0 Å². The fraction of sp³-hybridized carbons (Fsp3) is 0.500. The van der Waals surface area contributed by atoms with Gasteiger partial charge in [0.2, 0.25) is 5.82 Å². The molecular formula is C12H17FN2O3. The standard InChI is InChI=1S/C12H17FN2O3/c1-9(8-18-2)6-14-7-10-4-3-5-11(12(10)13)15(16)17/h3-5,9,14H,6-8H2,1-2H3. The molecule has 1 aromatic rings. The quantitative estimate of drug-likeness (QED) is 0.599. The van der Waals surface area contributed by atoms with Gasteiger partial charge in [0.15, 0.2) is 0 Å². The zero-order valence-electron chi connectivity index (χ0n) is 10.5. The molecule has 1 aromatic carbocycles. The number of nitrogens with zero attached hydrogens (tertiary/aromatic N) is 1. The van der Waals surface area contributed by atoms with E-state index in [9.17, 15) is 14.5 Å². The van der Waals surface area contributed by atoms with Crippen molar-refractivity contribution in [3.05, 3.63) is 39.7 Å². The van der Waals surface area contributed by atoms with E-state index in [1.807, 2.05) is 6.92 Å². The molecule has 0 aliphatic heterocycles. The van der Waals surface area contributed by atoms with E-state index in [1.165, 1.54) is 12.1 Å². The molecule has 1 rings (SSSR count). The summed E-state index contributed by atoms with van der Waals surface area (Å²) in [5.41, 5.74) is -0.187. The predicted octanol–water partition coefficient (Wildman–Crippen LogP) is 2.11. The van der Waals surface area contributed by atoms with E-state index in [2.05, 4.69) is 5.32 Å². The van der Waals surface area contributed by atoms with Crippen LogP contribution in [0.1, 0.15) is 12.5 Å². The topological polar surface area (TPSA) is 64.4 Å². The molecule has 0 aliphatic carbocycles. The molecule has 0 amide bonds. The molecule has 0 bridgehead atoms. The second kappa shape index (κ2) is 7.03. The Balaban J connectivity index is 2.57. The number of nitro benzene ring substituents is 1. The van der Waals surface area contributed by atoms with Crippen molar-refractivity contribution in [2.24, 2.45) is 5.92 Å². The molecular weight excluding hydrogens is 239 g/mol. The zero-order chi connectivity index (χ0) is 13.5. The first-order valence-corrected chi connectivity index (χ1v) is 5.67. The van der Waals surface area contributed by atoms with Gasteiger partial charge in [0, 0.05) is 38.4 Å². The van der Waals surface area contributed by atoms with Crippen molar-refractivity contribution in [2.45, 2.75) is 13.5 Å². The summed E-state index contributed by atoms with van der Waals surface area (Å²) in [5, 5.41) is 13.6. The van der Waals surface area contributed by atoms with Gasteiger partial charge in [-0.05, 0) is 5.92 Å². The Hall–Kier alpha value is -1.53. The predicted molar refractivity (Wildman–Crippen MR) is 65.8 cm³/mol. The number of halogens is 1. The molecule has 5 nitrogen and oxygen atoms in total. The second-order valence-electron chi connectivity index (χ2n) is 4.20. The molecule has 100 valence electrons. The van der Waals surface area contributed by atoms with Gasteiger partial charge in [-0.25, -0.2) is 0 Å². The summed E-state index contributed by atoms with van der Waals surface area (Å²) in [7, 11) is 1.62. The van der Waals surface area contributed by atoms with Crippen molar-refractivity contribution in [1.29, 1.82) is 0 Å². The number of nitro groups is 1. The molecule has 0 aliphatic rings. The average Bonchev–Trinajstić information content (AvgIpc) is 2.31. The molecule has 0 saturated heterocycles. The van der Waals surface area contributed by atoms with Crippen LogP contribution in [0.5, 0.6) is 0 Å². The van der Waals surface area contributed by atoms with Crippen LogP contribution in [0.2, 0.25) is 0 Å². The Bertz CT molecular complexity index is 412. The van der Waals surface area contributed by atoms with Crippen molar-refractivity contribution in [1.82, 2.24) is 5.32 Å². The van der Waals surface area contributed by atoms with Gasteiger partial charge >= 0.3 is 5.69 Å². The van der Waals surface area contributed by atoms with Gasteiger partial charge in [0.25, 0.3) is 0 Å². The van der Waals surface area contributed by atoms with Gasteiger partial charge in [-0.15, -0.1) is 0 Å². The van der Waals surface area contributed by atoms with E-state index in [4.69, 9.17) is 4.74 Å². The van der Waals surface area contributed by atoms with Crippen LogP contribution in [-0.2, 0) is 11.3 Å². The number of hydrogen-bond acceptors (Lipinski definition) is 4. The number of hydrogen-bond donors (Lipinski definition) is 1. The van der Waals surface area contributed by atoms with Crippen LogP contribution in [-0.4, -0.2) is 25.2 Å². The van der Waals surface area contributed by atoms with E-state index in [1.54, 1.807) is 7.11 Å². The van der Waals surface area contributed by atoms with Crippen molar-refractivity contribution in [3.63, 3.8) is 0 Å². The maximum Gasteiger partial charge on any atom is 0.305 e. The number of ether oxygens (including phenoxy) is 1. The maximum atomic E-state index is 13.7. The highest BCUT2D eigenvalue weighted by molar-refractivity contribution is 5.36. The second-order valence-corrected chi connectivity index (χ2v) is 4.20. The van der Waals surface area contributed by atoms with Gasteiger partial charge < -0.3 is 10.1 Å². The lowest BCUT2D eigenvalue weighted by molar-refractivity contribution is -0.387. The molecule has 0 spiro atoms. The minimum atomic E-state index is -0.769. The lowest BCUT2D eigenvalue weighted by Gasteiger charge is -2.11. The molecule has 0 heterocycles. The monoisotopic (exact) mass is 256 g/mol. The third-order valence-electron chi connectivity index (χ3n) is 2.51. The summed E-state index contributed by atoms with van der Waals surface area (Å²) in [5.74, 6) is -0.467. The van der Waals surface area contributed by atoms with Crippen molar-refractivity contribution in [3.8, 4) is 0 Å². The van der Waals surface area contributed by atoms with Crippen molar-refractivity contribution >= 4 is 5.69 Å². The normalized spacial score (nSPS) is 12.4. The van der Waals surface area contributed by atoms with Crippen LogP contribution >= 0.6 is 0 Å². The Morgan fingerprint density at radius 1 is 1.56 bits per heavy atom. The van der Waals surface area contributed by atoms with E-state index < -0.39 is 16.4 Å². The van der Waals surface area contributed by atoms with Gasteiger partial charge in [-0.3, -0.25) is 10.1 Å². The van der Waals surface area contributed by atoms with Crippen molar-refractivity contribution < 1.29 is 14.1 Å². The number of nitrogens with one attached hydrogen (secondary N) is 1. The first-order valence-electron chi connectivity index (χ1n) is 5.67. The van der Waals surface area contributed by atoms with Crippen LogP contribution < -0.4 is 5.32 Å². The highest BCUT2D eigenvalue weighted by atomic mass is 19.1. The van der Waals surface area contributed by atoms with Gasteiger partial charge in [-0.2, -0.15) is 4.39 Å². The summed E-state index contributed by atoms with van der Waals surface area (Å²) in [6, 6.07) is 4.18. The largest absolute Gasteiger partial charge is 0.384 e. The summed E-state index contributed by atoms with van der Waals surface area (Å²) in [6.07, 6.45) is 0. The molecule has 0 saturated carbocycles. The molecule has 0 aromatic heterocycles. The van der Waals surface area contributed by atoms with Crippen LogP contribution in [0.4, 0.5) is 10.1 Å². The first kappa shape index (κ1) is 14.5. The highest BCUT2D eigenvalue weighted by Crippen LogP contribution is 2.19. The number of methoxy groups -OCH3 is 1. The van der Waals surface area contributed by atoms with Gasteiger partial charge in [-0.1, -0.05) is 19.1 Å². The van der Waals surface area contributed by atoms with Crippen LogP contribution in [0.25, 0.3) is 0 Å². The average molecular weight is 256 g/mol. The van der Waals surface area contributed by atoms with Gasteiger partial charge in [0.05, 0.1) is 4.92 Å². The maximum absolute atomic E-state index is 13.7.